The Morgan fingerprint density at radius 3 is 2.70 bits per heavy atom. The van der Waals surface area contributed by atoms with Crippen molar-refractivity contribution in [2.75, 3.05) is 12.4 Å². The molecule has 0 fully saturated rings. The Labute approximate surface area is 124 Å². The lowest BCUT2D eigenvalue weighted by atomic mass is 10.2. The van der Waals surface area contributed by atoms with Gasteiger partial charge >= 0.3 is 0 Å². The van der Waals surface area contributed by atoms with Crippen LogP contribution >= 0.6 is 15.9 Å². The number of rotatable bonds is 5. The van der Waals surface area contributed by atoms with Gasteiger partial charge in [-0.15, -0.1) is 0 Å². The van der Waals surface area contributed by atoms with Crippen LogP contribution in [-0.4, -0.2) is 12.0 Å². The number of benzene rings is 1. The number of nitro benzene ring substituents is 1. The van der Waals surface area contributed by atoms with E-state index in [1.807, 2.05) is 13.0 Å². The highest BCUT2D eigenvalue weighted by Gasteiger charge is 2.15. The number of hydrogen-bond donors (Lipinski definition) is 1. The van der Waals surface area contributed by atoms with Gasteiger partial charge in [0.1, 0.15) is 11.5 Å². The van der Waals surface area contributed by atoms with E-state index in [1.165, 1.54) is 19.2 Å². The van der Waals surface area contributed by atoms with E-state index in [2.05, 4.69) is 21.2 Å². The van der Waals surface area contributed by atoms with Crippen molar-refractivity contribution in [3.8, 4) is 5.75 Å². The second-order valence-electron chi connectivity index (χ2n) is 4.15. The molecule has 1 heterocycles. The Balaban J connectivity index is 2.27. The van der Waals surface area contributed by atoms with Gasteiger partial charge in [-0.1, -0.05) is 0 Å². The van der Waals surface area contributed by atoms with Crippen molar-refractivity contribution >= 4 is 27.3 Å². The molecule has 2 rings (SSSR count). The molecule has 0 spiro atoms. The Bertz CT molecular complexity index is 627. The van der Waals surface area contributed by atoms with Crippen LogP contribution in [0.15, 0.2) is 39.4 Å². The second-order valence-corrected chi connectivity index (χ2v) is 4.93. The molecule has 6 nitrogen and oxygen atoms in total. The van der Waals surface area contributed by atoms with Crippen molar-refractivity contribution < 1.29 is 14.1 Å². The summed E-state index contributed by atoms with van der Waals surface area (Å²) >= 11 is 3.24. The average Bonchev–Trinajstić information content (AvgIpc) is 2.85. The number of halogens is 1. The Hall–Kier alpha value is -2.02. The number of non-ortho nitro benzene ring substituents is 1. The van der Waals surface area contributed by atoms with E-state index in [-0.39, 0.29) is 11.7 Å². The number of methoxy groups -OCH3 is 1. The third-order valence-corrected chi connectivity index (χ3v) is 3.21. The van der Waals surface area contributed by atoms with E-state index in [9.17, 15) is 10.1 Å². The summed E-state index contributed by atoms with van der Waals surface area (Å²) in [5.41, 5.74) is 0.544. The van der Waals surface area contributed by atoms with E-state index in [0.717, 1.165) is 0 Å². The Morgan fingerprint density at radius 2 is 2.15 bits per heavy atom. The quantitative estimate of drug-likeness (QED) is 0.653. The van der Waals surface area contributed by atoms with Crippen molar-refractivity contribution in [2.45, 2.75) is 13.0 Å². The first kappa shape index (κ1) is 14.4. The zero-order valence-electron chi connectivity index (χ0n) is 10.9. The van der Waals surface area contributed by atoms with Gasteiger partial charge in [-0.05, 0) is 41.1 Å². The lowest BCUT2D eigenvalue weighted by Gasteiger charge is -2.15. The second kappa shape index (κ2) is 5.96. The molecule has 0 aliphatic heterocycles. The van der Waals surface area contributed by atoms with E-state index in [1.54, 1.807) is 12.1 Å². The predicted molar refractivity (Wildman–Crippen MR) is 78.1 cm³/mol. The minimum absolute atomic E-state index is 0.00104. The lowest BCUT2D eigenvalue weighted by molar-refractivity contribution is -0.384. The lowest BCUT2D eigenvalue weighted by Crippen LogP contribution is -2.07. The maximum absolute atomic E-state index is 10.8. The van der Waals surface area contributed by atoms with Crippen molar-refractivity contribution in [3.63, 3.8) is 0 Å². The largest absolute Gasteiger partial charge is 0.495 e. The normalized spacial score (nSPS) is 11.9. The number of ether oxygens (including phenoxy) is 1. The molecule has 1 aromatic carbocycles. The van der Waals surface area contributed by atoms with E-state index in [4.69, 9.17) is 9.15 Å². The van der Waals surface area contributed by atoms with Gasteiger partial charge in [0.05, 0.1) is 23.8 Å². The van der Waals surface area contributed by atoms with Crippen LogP contribution in [0.1, 0.15) is 18.7 Å². The number of hydrogen-bond acceptors (Lipinski definition) is 5. The fourth-order valence-corrected chi connectivity index (χ4v) is 2.11. The molecule has 1 aromatic heterocycles. The summed E-state index contributed by atoms with van der Waals surface area (Å²) in [5, 5.41) is 14.0. The number of nitro groups is 1. The summed E-state index contributed by atoms with van der Waals surface area (Å²) in [4.78, 5) is 10.4. The summed E-state index contributed by atoms with van der Waals surface area (Å²) in [6, 6.07) is 7.86. The van der Waals surface area contributed by atoms with Crippen LogP contribution in [0.3, 0.4) is 0 Å². The Morgan fingerprint density at radius 1 is 1.40 bits per heavy atom. The zero-order chi connectivity index (χ0) is 14.7. The van der Waals surface area contributed by atoms with E-state index in [0.29, 0.717) is 21.9 Å². The van der Waals surface area contributed by atoms with Crippen LogP contribution in [0.4, 0.5) is 11.4 Å². The van der Waals surface area contributed by atoms with Crippen molar-refractivity contribution in [1.82, 2.24) is 0 Å². The van der Waals surface area contributed by atoms with Gasteiger partial charge in [-0.3, -0.25) is 10.1 Å². The summed E-state index contributed by atoms with van der Waals surface area (Å²) in [7, 11) is 1.51. The number of furan rings is 1. The molecule has 0 saturated heterocycles. The number of nitrogens with zero attached hydrogens (tertiary/aromatic N) is 1. The molecule has 0 amide bonds. The van der Waals surface area contributed by atoms with Crippen LogP contribution in [0.2, 0.25) is 0 Å². The van der Waals surface area contributed by atoms with Crippen LogP contribution in [0.5, 0.6) is 5.75 Å². The van der Waals surface area contributed by atoms with Gasteiger partial charge in [0.15, 0.2) is 4.67 Å². The SMILES string of the molecule is COc1ccc([N+](=O)[O-])cc1NC(C)c1ccc(Br)o1. The summed E-state index contributed by atoms with van der Waals surface area (Å²) in [6.45, 7) is 1.89. The first-order valence-electron chi connectivity index (χ1n) is 5.85. The highest BCUT2D eigenvalue weighted by Crippen LogP contribution is 2.32. The molecule has 7 heteroatoms. The molecule has 106 valence electrons. The maximum atomic E-state index is 10.8. The maximum Gasteiger partial charge on any atom is 0.271 e. The highest BCUT2D eigenvalue weighted by atomic mass is 79.9. The molecule has 0 aliphatic rings. The van der Waals surface area contributed by atoms with Gasteiger partial charge in [-0.2, -0.15) is 0 Å². The van der Waals surface area contributed by atoms with Crippen molar-refractivity contribution in [3.05, 3.63) is 50.9 Å². The van der Waals surface area contributed by atoms with Crippen LogP contribution in [0.25, 0.3) is 0 Å². The van der Waals surface area contributed by atoms with Gasteiger partial charge in [-0.25, -0.2) is 0 Å². The van der Waals surface area contributed by atoms with Gasteiger partial charge in [0.25, 0.3) is 5.69 Å². The van der Waals surface area contributed by atoms with Crippen LogP contribution < -0.4 is 10.1 Å². The summed E-state index contributed by atoms with van der Waals surface area (Å²) < 4.78 is 11.3. The standard InChI is InChI=1S/C13H13BrN2O4/c1-8(11-5-6-13(14)20-11)15-10-7-9(16(17)18)3-4-12(10)19-2/h3-8,15H,1-2H3. The summed E-state index contributed by atoms with van der Waals surface area (Å²) in [5.74, 6) is 1.25. The molecule has 0 saturated carbocycles. The molecule has 0 radical (unpaired) electrons. The molecule has 1 N–H and O–H groups in total. The number of nitrogens with one attached hydrogen (secondary N) is 1. The Kier molecular flexibility index (Phi) is 4.29. The monoisotopic (exact) mass is 340 g/mol. The first-order chi connectivity index (χ1) is 9.51. The molecule has 2 aromatic rings. The minimum atomic E-state index is -0.446. The third-order valence-electron chi connectivity index (χ3n) is 2.79. The predicted octanol–water partition coefficient (Wildman–Crippen LogP) is 4.13. The van der Waals surface area contributed by atoms with Gasteiger partial charge in [0.2, 0.25) is 0 Å². The van der Waals surface area contributed by atoms with E-state index >= 15 is 0 Å². The highest BCUT2D eigenvalue weighted by molar-refractivity contribution is 9.10. The fraction of sp³-hybridized carbons (Fsp3) is 0.231. The summed E-state index contributed by atoms with van der Waals surface area (Å²) in [6.07, 6.45) is 0. The third kappa shape index (κ3) is 3.11. The molecule has 20 heavy (non-hydrogen) atoms. The van der Waals surface area contributed by atoms with Gasteiger partial charge < -0.3 is 14.5 Å². The van der Waals surface area contributed by atoms with Crippen LogP contribution in [0, 0.1) is 10.1 Å². The van der Waals surface area contributed by atoms with Gasteiger partial charge in [0, 0.05) is 12.1 Å². The number of anilines is 1. The molecule has 0 bridgehead atoms. The minimum Gasteiger partial charge on any atom is -0.495 e. The van der Waals surface area contributed by atoms with Crippen molar-refractivity contribution in [1.29, 1.82) is 0 Å². The smallest absolute Gasteiger partial charge is 0.271 e. The average molecular weight is 341 g/mol. The molecule has 0 aliphatic carbocycles. The van der Waals surface area contributed by atoms with E-state index < -0.39 is 4.92 Å². The zero-order valence-corrected chi connectivity index (χ0v) is 12.5. The topological polar surface area (TPSA) is 77.5 Å². The van der Waals surface area contributed by atoms with Crippen molar-refractivity contribution in [2.24, 2.45) is 0 Å². The van der Waals surface area contributed by atoms with Crippen LogP contribution in [-0.2, 0) is 0 Å². The molecule has 1 unspecified atom stereocenters. The first-order valence-corrected chi connectivity index (χ1v) is 6.64. The molecule has 1 atom stereocenters. The molecular formula is C13H13BrN2O4. The molecular weight excluding hydrogens is 328 g/mol. The fourth-order valence-electron chi connectivity index (χ4n) is 1.79.